The molecule has 7 nitrogen and oxygen atoms in total. The molecule has 0 spiro atoms. The fourth-order valence-corrected chi connectivity index (χ4v) is 2.95. The zero-order valence-electron chi connectivity index (χ0n) is 14.7. The van der Waals surface area contributed by atoms with E-state index in [1.165, 1.54) is 12.1 Å². The highest BCUT2D eigenvalue weighted by Gasteiger charge is 2.14. The summed E-state index contributed by atoms with van der Waals surface area (Å²) in [5, 5.41) is 13.5. The second-order valence-electron chi connectivity index (χ2n) is 6.49. The number of hydrogen-bond donors (Lipinski definition) is 1. The van der Waals surface area contributed by atoms with Crippen molar-refractivity contribution in [1.82, 2.24) is 4.90 Å². The predicted molar refractivity (Wildman–Crippen MR) is 102 cm³/mol. The number of amides is 1. The minimum atomic E-state index is -0.453. The molecule has 26 heavy (non-hydrogen) atoms. The van der Waals surface area contributed by atoms with Gasteiger partial charge in [-0.15, -0.1) is 0 Å². The Morgan fingerprint density at radius 1 is 1.04 bits per heavy atom. The maximum absolute atomic E-state index is 12.2. The Balaban J connectivity index is 1.55. The average molecular weight is 354 g/mol. The number of nitrogens with zero attached hydrogens (tertiary/aromatic N) is 3. The molecule has 7 heteroatoms. The molecule has 3 rings (SSSR count). The van der Waals surface area contributed by atoms with Gasteiger partial charge in [0.2, 0.25) is 5.91 Å². The number of carbonyl (C=O) groups is 1. The number of hydrogen-bond acceptors (Lipinski definition) is 5. The lowest BCUT2D eigenvalue weighted by molar-refractivity contribution is -0.384. The predicted octanol–water partition coefficient (Wildman–Crippen LogP) is 2.53. The fraction of sp³-hybridized carbons (Fsp3) is 0.316. The number of benzene rings is 2. The van der Waals surface area contributed by atoms with Gasteiger partial charge < -0.3 is 15.1 Å². The summed E-state index contributed by atoms with van der Waals surface area (Å²) in [7, 11) is 2.13. The molecule has 0 saturated carbocycles. The Kier molecular flexibility index (Phi) is 5.48. The molecule has 1 aliphatic heterocycles. The van der Waals surface area contributed by atoms with Gasteiger partial charge in [0.15, 0.2) is 0 Å². The van der Waals surface area contributed by atoms with Crippen molar-refractivity contribution in [3.63, 3.8) is 0 Å². The van der Waals surface area contributed by atoms with E-state index in [-0.39, 0.29) is 18.0 Å². The first kappa shape index (κ1) is 17.9. The van der Waals surface area contributed by atoms with Crippen LogP contribution in [0.2, 0.25) is 0 Å². The Bertz CT molecular complexity index is 766. The van der Waals surface area contributed by atoms with Crippen molar-refractivity contribution in [2.45, 2.75) is 6.42 Å². The maximum atomic E-state index is 12.2. The second kappa shape index (κ2) is 7.97. The van der Waals surface area contributed by atoms with Gasteiger partial charge in [-0.3, -0.25) is 14.9 Å². The van der Waals surface area contributed by atoms with Crippen LogP contribution < -0.4 is 10.2 Å². The highest BCUT2D eigenvalue weighted by Crippen LogP contribution is 2.19. The Labute approximate surface area is 152 Å². The van der Waals surface area contributed by atoms with Crippen molar-refractivity contribution in [3.8, 4) is 0 Å². The van der Waals surface area contributed by atoms with E-state index in [1.54, 1.807) is 12.1 Å². The third-order valence-electron chi connectivity index (χ3n) is 4.53. The van der Waals surface area contributed by atoms with Gasteiger partial charge in [-0.25, -0.2) is 0 Å². The molecule has 2 aromatic carbocycles. The van der Waals surface area contributed by atoms with E-state index in [9.17, 15) is 14.9 Å². The minimum absolute atomic E-state index is 0.0219. The summed E-state index contributed by atoms with van der Waals surface area (Å²) in [6.07, 6.45) is 0.179. The molecule has 1 heterocycles. The van der Waals surface area contributed by atoms with Gasteiger partial charge >= 0.3 is 0 Å². The van der Waals surface area contributed by atoms with Crippen LogP contribution in [0.25, 0.3) is 0 Å². The second-order valence-corrected chi connectivity index (χ2v) is 6.49. The van der Waals surface area contributed by atoms with Gasteiger partial charge in [0, 0.05) is 49.7 Å². The maximum Gasteiger partial charge on any atom is 0.269 e. The average Bonchev–Trinajstić information content (AvgIpc) is 2.63. The smallest absolute Gasteiger partial charge is 0.269 e. The molecule has 0 bridgehead atoms. The molecule has 0 aromatic heterocycles. The van der Waals surface area contributed by atoms with E-state index in [0.717, 1.165) is 43.1 Å². The Morgan fingerprint density at radius 2 is 1.65 bits per heavy atom. The number of rotatable bonds is 5. The van der Waals surface area contributed by atoms with Gasteiger partial charge in [-0.1, -0.05) is 12.1 Å². The van der Waals surface area contributed by atoms with E-state index in [0.29, 0.717) is 0 Å². The highest BCUT2D eigenvalue weighted by molar-refractivity contribution is 5.92. The summed E-state index contributed by atoms with van der Waals surface area (Å²) in [5.74, 6) is -0.147. The van der Waals surface area contributed by atoms with Crippen LogP contribution >= 0.6 is 0 Å². The molecule has 1 amide bonds. The van der Waals surface area contributed by atoms with Crippen LogP contribution in [0.1, 0.15) is 5.56 Å². The normalized spacial score (nSPS) is 14.9. The number of likely N-dealkylation sites (N-methyl/N-ethyl adjacent to an activating group) is 1. The summed E-state index contributed by atoms with van der Waals surface area (Å²) in [5.41, 5.74) is 2.66. The highest BCUT2D eigenvalue weighted by atomic mass is 16.6. The summed E-state index contributed by atoms with van der Waals surface area (Å²) in [6.45, 7) is 4.10. The zero-order chi connectivity index (χ0) is 18.5. The van der Waals surface area contributed by atoms with Crippen LogP contribution in [0, 0.1) is 10.1 Å². The van der Waals surface area contributed by atoms with E-state index >= 15 is 0 Å². The molecule has 2 aromatic rings. The van der Waals surface area contributed by atoms with Crippen molar-refractivity contribution in [2.75, 3.05) is 43.4 Å². The first-order valence-corrected chi connectivity index (χ1v) is 8.58. The quantitative estimate of drug-likeness (QED) is 0.659. The minimum Gasteiger partial charge on any atom is -0.369 e. The van der Waals surface area contributed by atoms with Crippen molar-refractivity contribution >= 4 is 23.0 Å². The van der Waals surface area contributed by atoms with Gasteiger partial charge in [0.1, 0.15) is 0 Å². The van der Waals surface area contributed by atoms with Gasteiger partial charge in [0.25, 0.3) is 5.69 Å². The van der Waals surface area contributed by atoms with Crippen molar-refractivity contribution in [1.29, 1.82) is 0 Å². The van der Waals surface area contributed by atoms with Crippen LogP contribution in [0.15, 0.2) is 48.5 Å². The van der Waals surface area contributed by atoms with Gasteiger partial charge in [-0.2, -0.15) is 0 Å². The van der Waals surface area contributed by atoms with Crippen LogP contribution in [0.4, 0.5) is 17.1 Å². The van der Waals surface area contributed by atoms with E-state index in [1.807, 2.05) is 24.3 Å². The standard InChI is InChI=1S/C19H22N4O3/c1-21-10-12-22(13-11-21)17-8-4-16(5-9-17)20-19(24)14-15-2-6-18(7-3-15)23(25)26/h2-9H,10-14H2,1H3,(H,20,24). The summed E-state index contributed by atoms with van der Waals surface area (Å²) in [4.78, 5) is 27.0. The number of nitro groups is 1. The molecule has 1 saturated heterocycles. The molecule has 1 N–H and O–H groups in total. The van der Waals surface area contributed by atoms with E-state index < -0.39 is 4.92 Å². The lowest BCUT2D eigenvalue weighted by Crippen LogP contribution is -2.44. The Morgan fingerprint density at radius 3 is 2.23 bits per heavy atom. The van der Waals surface area contributed by atoms with E-state index in [4.69, 9.17) is 0 Å². The molecular formula is C19H22N4O3. The van der Waals surface area contributed by atoms with Crippen LogP contribution in [-0.2, 0) is 11.2 Å². The van der Waals surface area contributed by atoms with Crippen LogP contribution in [0.5, 0.6) is 0 Å². The Hall–Kier alpha value is -2.93. The molecule has 0 radical (unpaired) electrons. The molecule has 136 valence electrons. The summed E-state index contributed by atoms with van der Waals surface area (Å²) < 4.78 is 0. The van der Waals surface area contributed by atoms with Crippen LogP contribution in [0.3, 0.4) is 0 Å². The number of carbonyl (C=O) groups excluding carboxylic acids is 1. The van der Waals surface area contributed by atoms with Crippen molar-refractivity contribution in [3.05, 3.63) is 64.2 Å². The molecule has 0 aliphatic carbocycles. The third-order valence-corrected chi connectivity index (χ3v) is 4.53. The molecule has 1 aliphatic rings. The first-order chi connectivity index (χ1) is 12.5. The topological polar surface area (TPSA) is 78.7 Å². The molecule has 0 unspecified atom stereocenters. The lowest BCUT2D eigenvalue weighted by Gasteiger charge is -2.34. The van der Waals surface area contributed by atoms with Crippen molar-refractivity contribution < 1.29 is 9.72 Å². The molecule has 0 atom stereocenters. The molecular weight excluding hydrogens is 332 g/mol. The van der Waals surface area contributed by atoms with Crippen molar-refractivity contribution in [2.24, 2.45) is 0 Å². The fourth-order valence-electron chi connectivity index (χ4n) is 2.95. The first-order valence-electron chi connectivity index (χ1n) is 8.58. The number of nitro benzene ring substituents is 1. The van der Waals surface area contributed by atoms with Gasteiger partial charge in [-0.05, 0) is 36.9 Å². The number of anilines is 2. The largest absolute Gasteiger partial charge is 0.369 e. The van der Waals surface area contributed by atoms with Gasteiger partial charge in [0.05, 0.1) is 11.3 Å². The van der Waals surface area contributed by atoms with Crippen LogP contribution in [-0.4, -0.2) is 49.0 Å². The monoisotopic (exact) mass is 354 g/mol. The zero-order valence-corrected chi connectivity index (χ0v) is 14.7. The number of piperazine rings is 1. The third kappa shape index (κ3) is 4.58. The lowest BCUT2D eigenvalue weighted by atomic mass is 10.1. The summed E-state index contributed by atoms with van der Waals surface area (Å²) in [6, 6.07) is 13.9. The number of nitrogens with one attached hydrogen (secondary N) is 1. The van der Waals surface area contributed by atoms with E-state index in [2.05, 4.69) is 22.2 Å². The summed E-state index contributed by atoms with van der Waals surface area (Å²) >= 11 is 0. The molecule has 1 fully saturated rings. The number of non-ortho nitro benzene ring substituents is 1. The SMILES string of the molecule is CN1CCN(c2ccc(NC(=O)Cc3ccc([N+](=O)[O-])cc3)cc2)CC1.